The Balaban J connectivity index is 2.13. The van der Waals surface area contributed by atoms with E-state index in [0.29, 0.717) is 17.1 Å². The minimum atomic E-state index is -0.731. The van der Waals surface area contributed by atoms with E-state index in [1.165, 1.54) is 12.1 Å². The van der Waals surface area contributed by atoms with Crippen LogP contribution in [0.5, 0.6) is 0 Å². The molecule has 0 aromatic heterocycles. The van der Waals surface area contributed by atoms with E-state index < -0.39 is 11.0 Å². The molecule has 0 bridgehead atoms. The lowest BCUT2D eigenvalue weighted by atomic mass is 10.1. The quantitative estimate of drug-likeness (QED) is 0.594. The normalized spacial score (nSPS) is 10.1. The van der Waals surface area contributed by atoms with E-state index in [4.69, 9.17) is 16.3 Å². The summed E-state index contributed by atoms with van der Waals surface area (Å²) in [6.07, 6.45) is -0.731. The van der Waals surface area contributed by atoms with Crippen LogP contribution in [0.2, 0.25) is 5.02 Å². The predicted octanol–water partition coefficient (Wildman–Crippen LogP) is 4.43. The Morgan fingerprint density at radius 1 is 1.29 bits per heavy atom. The Bertz CT molecular complexity index is 752. The number of hydrogen-bond acceptors (Lipinski definition) is 5. The number of nitrogens with zero attached hydrogens (tertiary/aromatic N) is 1. The molecular formula is C16H16ClN3O4. The fraction of sp³-hybridized carbons (Fsp3) is 0.188. The molecule has 126 valence electrons. The highest BCUT2D eigenvalue weighted by molar-refractivity contribution is 6.30. The number of nitro groups is 1. The monoisotopic (exact) mass is 349 g/mol. The number of anilines is 2. The van der Waals surface area contributed by atoms with Gasteiger partial charge in [-0.15, -0.1) is 0 Å². The van der Waals surface area contributed by atoms with Crippen molar-refractivity contribution in [2.45, 2.75) is 13.5 Å². The summed E-state index contributed by atoms with van der Waals surface area (Å²) in [6.45, 7) is 2.21. The van der Waals surface area contributed by atoms with Crippen LogP contribution in [0.15, 0.2) is 42.5 Å². The fourth-order valence-electron chi connectivity index (χ4n) is 2.02. The van der Waals surface area contributed by atoms with Gasteiger partial charge in [0.25, 0.3) is 5.69 Å². The molecular weight excluding hydrogens is 334 g/mol. The molecule has 0 saturated carbocycles. The minimum Gasteiger partial charge on any atom is -0.450 e. The van der Waals surface area contributed by atoms with Crippen molar-refractivity contribution < 1.29 is 14.5 Å². The maximum atomic E-state index is 11.4. The molecule has 0 heterocycles. The number of carbonyl (C=O) groups excluding carboxylic acids is 1. The van der Waals surface area contributed by atoms with Crippen LogP contribution in [0.1, 0.15) is 12.5 Å². The van der Waals surface area contributed by atoms with E-state index in [2.05, 4.69) is 10.6 Å². The van der Waals surface area contributed by atoms with Gasteiger partial charge in [-0.1, -0.05) is 23.7 Å². The molecule has 1 amide bonds. The van der Waals surface area contributed by atoms with E-state index in [1.807, 2.05) is 6.07 Å². The van der Waals surface area contributed by atoms with Gasteiger partial charge in [-0.25, -0.2) is 4.79 Å². The second kappa shape index (κ2) is 8.16. The Hall–Kier alpha value is -2.80. The number of halogens is 1. The third kappa shape index (κ3) is 4.85. The van der Waals surface area contributed by atoms with E-state index in [9.17, 15) is 14.9 Å². The number of hydrogen-bond donors (Lipinski definition) is 2. The number of nitro benzene ring substituents is 1. The molecule has 8 heteroatoms. The molecule has 0 spiro atoms. The van der Waals surface area contributed by atoms with Crippen LogP contribution in [0.3, 0.4) is 0 Å². The molecule has 0 radical (unpaired) electrons. The van der Waals surface area contributed by atoms with E-state index >= 15 is 0 Å². The van der Waals surface area contributed by atoms with Crippen molar-refractivity contribution in [1.29, 1.82) is 0 Å². The van der Waals surface area contributed by atoms with Gasteiger partial charge in [-0.2, -0.15) is 0 Å². The lowest BCUT2D eigenvalue weighted by molar-refractivity contribution is -0.384. The zero-order chi connectivity index (χ0) is 17.5. The van der Waals surface area contributed by atoms with Gasteiger partial charge < -0.3 is 10.1 Å². The number of carbonyl (C=O) groups is 1. The van der Waals surface area contributed by atoms with E-state index in [-0.39, 0.29) is 18.0 Å². The first-order chi connectivity index (χ1) is 11.5. The Morgan fingerprint density at radius 3 is 2.75 bits per heavy atom. The first-order valence-electron chi connectivity index (χ1n) is 7.20. The number of ether oxygens (including phenoxy) is 1. The van der Waals surface area contributed by atoms with Crippen LogP contribution in [0.25, 0.3) is 0 Å². The summed E-state index contributed by atoms with van der Waals surface area (Å²) in [4.78, 5) is 22.1. The van der Waals surface area contributed by atoms with Crippen LogP contribution in [0, 0.1) is 10.1 Å². The second-order valence-electron chi connectivity index (χ2n) is 4.82. The van der Waals surface area contributed by atoms with Crippen molar-refractivity contribution in [2.24, 2.45) is 0 Å². The van der Waals surface area contributed by atoms with Crippen molar-refractivity contribution in [3.8, 4) is 0 Å². The maximum absolute atomic E-state index is 11.4. The van der Waals surface area contributed by atoms with Crippen LogP contribution < -0.4 is 10.6 Å². The van der Waals surface area contributed by atoms with Crippen molar-refractivity contribution >= 4 is 34.8 Å². The van der Waals surface area contributed by atoms with Gasteiger partial charge in [0.2, 0.25) is 0 Å². The summed E-state index contributed by atoms with van der Waals surface area (Å²) in [6, 6.07) is 11.7. The summed E-state index contributed by atoms with van der Waals surface area (Å²) in [5.41, 5.74) is 1.38. The standard InChI is InChI=1S/C16H16ClN3O4/c1-2-24-16(21)19-14-7-6-11(8-15(14)20(22)23)10-18-13-5-3-4-12(17)9-13/h3-9,18H,2,10H2,1H3,(H,19,21). The van der Waals surface area contributed by atoms with Crippen molar-refractivity contribution in [3.05, 3.63) is 63.2 Å². The van der Waals surface area contributed by atoms with Gasteiger partial charge in [0.1, 0.15) is 5.69 Å². The van der Waals surface area contributed by atoms with Crippen LogP contribution in [0.4, 0.5) is 21.9 Å². The predicted molar refractivity (Wildman–Crippen MR) is 92.5 cm³/mol. The Labute approximate surface area is 143 Å². The largest absolute Gasteiger partial charge is 0.450 e. The first kappa shape index (κ1) is 17.6. The summed E-state index contributed by atoms with van der Waals surface area (Å²) < 4.78 is 4.73. The lowest BCUT2D eigenvalue weighted by Crippen LogP contribution is -2.14. The van der Waals surface area contributed by atoms with Gasteiger partial charge in [0.05, 0.1) is 11.5 Å². The highest BCUT2D eigenvalue weighted by Crippen LogP contribution is 2.26. The van der Waals surface area contributed by atoms with Gasteiger partial charge in [-0.05, 0) is 36.8 Å². The van der Waals surface area contributed by atoms with E-state index in [0.717, 1.165) is 5.69 Å². The topological polar surface area (TPSA) is 93.5 Å². The van der Waals surface area contributed by atoms with Gasteiger partial charge >= 0.3 is 6.09 Å². The molecule has 0 unspecified atom stereocenters. The molecule has 0 aliphatic rings. The fourth-order valence-corrected chi connectivity index (χ4v) is 2.21. The summed E-state index contributed by atoms with van der Waals surface area (Å²) in [7, 11) is 0. The molecule has 0 aliphatic carbocycles. The number of amides is 1. The SMILES string of the molecule is CCOC(=O)Nc1ccc(CNc2cccc(Cl)c2)cc1[N+](=O)[O-]. The number of nitrogens with one attached hydrogen (secondary N) is 2. The Morgan fingerprint density at radius 2 is 2.08 bits per heavy atom. The maximum Gasteiger partial charge on any atom is 0.411 e. The minimum absolute atomic E-state index is 0.0879. The molecule has 7 nitrogen and oxygen atoms in total. The third-order valence-electron chi connectivity index (χ3n) is 3.09. The van der Waals surface area contributed by atoms with Crippen LogP contribution in [-0.2, 0) is 11.3 Å². The summed E-state index contributed by atoms with van der Waals surface area (Å²) in [5, 5.41) is 17.3. The molecule has 2 aromatic rings. The average molecular weight is 350 g/mol. The van der Waals surface area contributed by atoms with Crippen molar-refractivity contribution in [1.82, 2.24) is 0 Å². The number of rotatable bonds is 6. The zero-order valence-electron chi connectivity index (χ0n) is 12.9. The second-order valence-corrected chi connectivity index (χ2v) is 5.25. The van der Waals surface area contributed by atoms with Crippen LogP contribution in [-0.4, -0.2) is 17.6 Å². The third-order valence-corrected chi connectivity index (χ3v) is 3.33. The molecule has 0 aliphatic heterocycles. The highest BCUT2D eigenvalue weighted by Gasteiger charge is 2.17. The molecule has 2 rings (SSSR count). The van der Waals surface area contributed by atoms with Gasteiger partial charge in [0.15, 0.2) is 0 Å². The molecule has 2 aromatic carbocycles. The first-order valence-corrected chi connectivity index (χ1v) is 7.58. The molecule has 0 saturated heterocycles. The van der Waals surface area contributed by atoms with Gasteiger partial charge in [-0.3, -0.25) is 15.4 Å². The molecule has 24 heavy (non-hydrogen) atoms. The van der Waals surface area contributed by atoms with Crippen molar-refractivity contribution in [2.75, 3.05) is 17.2 Å². The van der Waals surface area contributed by atoms with Crippen LogP contribution >= 0.6 is 11.6 Å². The zero-order valence-corrected chi connectivity index (χ0v) is 13.7. The summed E-state index contributed by atoms with van der Waals surface area (Å²) in [5.74, 6) is 0. The van der Waals surface area contributed by atoms with Gasteiger partial charge in [0, 0.05) is 23.3 Å². The lowest BCUT2D eigenvalue weighted by Gasteiger charge is -2.09. The van der Waals surface area contributed by atoms with E-state index in [1.54, 1.807) is 31.2 Å². The van der Waals surface area contributed by atoms with Crippen molar-refractivity contribution in [3.63, 3.8) is 0 Å². The molecule has 2 N–H and O–H groups in total. The Kier molecular flexibility index (Phi) is 5.97. The number of benzene rings is 2. The molecule has 0 atom stereocenters. The molecule has 0 fully saturated rings. The average Bonchev–Trinajstić information content (AvgIpc) is 2.54. The summed E-state index contributed by atoms with van der Waals surface area (Å²) >= 11 is 5.91. The smallest absolute Gasteiger partial charge is 0.411 e. The highest BCUT2D eigenvalue weighted by atomic mass is 35.5.